The first-order valence-corrected chi connectivity index (χ1v) is 5.41. The molecular formula is C7H8N2O4S. The fraction of sp³-hybridized carbons (Fsp3) is 0.286. The van der Waals surface area contributed by atoms with Gasteiger partial charge in [-0.25, -0.2) is 23.2 Å². The van der Waals surface area contributed by atoms with Crippen LogP contribution in [0, 0.1) is 0 Å². The van der Waals surface area contributed by atoms with Crippen molar-refractivity contribution in [3.63, 3.8) is 0 Å². The normalized spacial score (nSPS) is 11.2. The number of aromatic nitrogens is 2. The first-order valence-electron chi connectivity index (χ1n) is 3.76. The van der Waals surface area contributed by atoms with Gasteiger partial charge in [0, 0.05) is 12.4 Å². The molecule has 7 heteroatoms. The minimum absolute atomic E-state index is 0.202. The maximum atomic E-state index is 11.4. The molecule has 0 aliphatic rings. The van der Waals surface area contributed by atoms with Crippen LogP contribution in [0.3, 0.4) is 0 Å². The van der Waals surface area contributed by atoms with Gasteiger partial charge in [-0.15, -0.1) is 0 Å². The second-order valence-corrected chi connectivity index (χ2v) is 4.61. The van der Waals surface area contributed by atoms with Crippen molar-refractivity contribution in [2.75, 3.05) is 5.75 Å². The maximum Gasteiger partial charge on any atom is 0.357 e. The van der Waals surface area contributed by atoms with E-state index >= 15 is 0 Å². The third kappa shape index (κ3) is 1.87. The Labute approximate surface area is 80.5 Å². The van der Waals surface area contributed by atoms with Crippen molar-refractivity contribution >= 4 is 15.8 Å². The summed E-state index contributed by atoms with van der Waals surface area (Å²) >= 11 is 0. The van der Waals surface area contributed by atoms with Gasteiger partial charge in [0.05, 0.1) is 5.75 Å². The molecule has 0 unspecified atom stereocenters. The van der Waals surface area contributed by atoms with Gasteiger partial charge in [0.25, 0.3) is 0 Å². The molecule has 0 aliphatic carbocycles. The number of nitrogens with zero attached hydrogens (tertiary/aromatic N) is 2. The van der Waals surface area contributed by atoms with Crippen LogP contribution in [-0.4, -0.2) is 35.2 Å². The smallest absolute Gasteiger partial charge is 0.357 e. The van der Waals surface area contributed by atoms with Crippen LogP contribution in [0.1, 0.15) is 17.4 Å². The SMILES string of the molecule is CCS(=O)(=O)c1nccnc1C(=O)O. The molecule has 0 radical (unpaired) electrons. The molecule has 1 N–H and O–H groups in total. The van der Waals surface area contributed by atoms with Crippen LogP contribution in [-0.2, 0) is 9.84 Å². The van der Waals surface area contributed by atoms with Crippen LogP contribution in [0.25, 0.3) is 0 Å². The van der Waals surface area contributed by atoms with Crippen molar-refractivity contribution in [2.24, 2.45) is 0 Å². The van der Waals surface area contributed by atoms with Gasteiger partial charge in [-0.05, 0) is 0 Å². The Morgan fingerprint density at radius 1 is 1.43 bits per heavy atom. The number of hydrogen-bond acceptors (Lipinski definition) is 5. The summed E-state index contributed by atoms with van der Waals surface area (Å²) in [6.45, 7) is 1.41. The number of carboxylic acid groups (broad SMARTS) is 1. The van der Waals surface area contributed by atoms with Crippen LogP contribution in [0.5, 0.6) is 0 Å². The van der Waals surface area contributed by atoms with Gasteiger partial charge in [-0.1, -0.05) is 6.92 Å². The summed E-state index contributed by atoms with van der Waals surface area (Å²) in [4.78, 5) is 17.6. The third-order valence-electron chi connectivity index (χ3n) is 1.54. The zero-order valence-electron chi connectivity index (χ0n) is 7.34. The molecule has 0 aromatic carbocycles. The van der Waals surface area contributed by atoms with Crippen LogP contribution >= 0.6 is 0 Å². The predicted molar refractivity (Wildman–Crippen MR) is 46.7 cm³/mol. The summed E-state index contributed by atoms with van der Waals surface area (Å²) in [6, 6.07) is 0. The fourth-order valence-electron chi connectivity index (χ4n) is 0.836. The van der Waals surface area contributed by atoms with E-state index in [1.165, 1.54) is 6.92 Å². The second kappa shape index (κ2) is 3.70. The van der Waals surface area contributed by atoms with E-state index in [0.717, 1.165) is 12.4 Å². The number of hydrogen-bond donors (Lipinski definition) is 1. The molecule has 76 valence electrons. The first-order chi connectivity index (χ1) is 6.49. The lowest BCUT2D eigenvalue weighted by Gasteiger charge is -2.02. The van der Waals surface area contributed by atoms with Gasteiger partial charge in [-0.3, -0.25) is 0 Å². The maximum absolute atomic E-state index is 11.4. The highest BCUT2D eigenvalue weighted by Crippen LogP contribution is 2.10. The van der Waals surface area contributed by atoms with E-state index in [0.29, 0.717) is 0 Å². The van der Waals surface area contributed by atoms with E-state index < -0.39 is 26.5 Å². The highest BCUT2D eigenvalue weighted by Gasteiger charge is 2.23. The molecule has 14 heavy (non-hydrogen) atoms. The molecule has 0 saturated heterocycles. The molecule has 1 aromatic heterocycles. The Morgan fingerprint density at radius 2 is 2.00 bits per heavy atom. The van der Waals surface area contributed by atoms with E-state index in [1.807, 2.05) is 0 Å². The molecule has 0 bridgehead atoms. The molecule has 0 atom stereocenters. The van der Waals surface area contributed by atoms with E-state index in [9.17, 15) is 13.2 Å². The molecule has 1 heterocycles. The highest BCUT2D eigenvalue weighted by molar-refractivity contribution is 7.91. The highest BCUT2D eigenvalue weighted by atomic mass is 32.2. The monoisotopic (exact) mass is 216 g/mol. The number of sulfone groups is 1. The van der Waals surface area contributed by atoms with Gasteiger partial charge >= 0.3 is 5.97 Å². The van der Waals surface area contributed by atoms with Crippen molar-refractivity contribution < 1.29 is 18.3 Å². The summed E-state index contributed by atoms with van der Waals surface area (Å²) in [5.74, 6) is -1.60. The summed E-state index contributed by atoms with van der Waals surface area (Å²) in [5, 5.41) is 8.18. The standard InChI is InChI=1S/C7H8N2O4S/c1-2-14(12,13)6-5(7(10)11)8-3-4-9-6/h3-4H,2H2,1H3,(H,10,11). The lowest BCUT2D eigenvalue weighted by atomic mass is 10.5. The van der Waals surface area contributed by atoms with Gasteiger partial charge in [0.2, 0.25) is 0 Å². The molecular weight excluding hydrogens is 208 g/mol. The largest absolute Gasteiger partial charge is 0.476 e. The Hall–Kier alpha value is -1.50. The second-order valence-electron chi connectivity index (χ2n) is 2.42. The number of rotatable bonds is 3. The average Bonchev–Trinajstić information content (AvgIpc) is 2.18. The van der Waals surface area contributed by atoms with Crippen LogP contribution in [0.4, 0.5) is 0 Å². The van der Waals surface area contributed by atoms with Gasteiger partial charge in [0.15, 0.2) is 20.6 Å². The van der Waals surface area contributed by atoms with E-state index in [4.69, 9.17) is 5.11 Å². The molecule has 0 amide bonds. The predicted octanol–water partition coefficient (Wildman–Crippen LogP) is -0.0316. The minimum atomic E-state index is -3.63. The Bertz CT molecular complexity index is 455. The van der Waals surface area contributed by atoms with Gasteiger partial charge < -0.3 is 5.11 Å². The average molecular weight is 216 g/mol. The Balaban J connectivity index is 3.42. The molecule has 1 aromatic rings. The third-order valence-corrected chi connectivity index (χ3v) is 3.19. The molecule has 1 rings (SSSR count). The Kier molecular flexibility index (Phi) is 2.80. The number of aromatic carboxylic acids is 1. The summed E-state index contributed by atoms with van der Waals surface area (Å²) in [5.41, 5.74) is -0.533. The molecule has 0 fully saturated rings. The molecule has 6 nitrogen and oxygen atoms in total. The first kappa shape index (κ1) is 10.6. The fourth-order valence-corrected chi connectivity index (χ4v) is 1.77. The lowest BCUT2D eigenvalue weighted by molar-refractivity contribution is 0.0684. The van der Waals surface area contributed by atoms with Crippen LogP contribution < -0.4 is 0 Å². The van der Waals surface area contributed by atoms with Crippen LogP contribution in [0.15, 0.2) is 17.4 Å². The topological polar surface area (TPSA) is 97.2 Å². The lowest BCUT2D eigenvalue weighted by Crippen LogP contribution is -2.14. The van der Waals surface area contributed by atoms with Crippen molar-refractivity contribution in [1.82, 2.24) is 9.97 Å². The van der Waals surface area contributed by atoms with Crippen molar-refractivity contribution in [3.8, 4) is 0 Å². The molecule has 0 aliphatic heterocycles. The van der Waals surface area contributed by atoms with Crippen LogP contribution in [0.2, 0.25) is 0 Å². The van der Waals surface area contributed by atoms with Crippen molar-refractivity contribution in [1.29, 1.82) is 0 Å². The van der Waals surface area contributed by atoms with E-state index in [2.05, 4.69) is 9.97 Å². The zero-order chi connectivity index (χ0) is 10.8. The Morgan fingerprint density at radius 3 is 2.50 bits per heavy atom. The van der Waals surface area contributed by atoms with E-state index in [-0.39, 0.29) is 5.75 Å². The number of carbonyl (C=O) groups is 1. The summed E-state index contributed by atoms with van der Waals surface area (Å²) in [6.07, 6.45) is 2.28. The zero-order valence-corrected chi connectivity index (χ0v) is 8.15. The van der Waals surface area contributed by atoms with Gasteiger partial charge in [-0.2, -0.15) is 0 Å². The molecule has 0 spiro atoms. The summed E-state index contributed by atoms with van der Waals surface area (Å²) < 4.78 is 22.7. The van der Waals surface area contributed by atoms with Crippen molar-refractivity contribution in [3.05, 3.63) is 18.1 Å². The summed E-state index contributed by atoms with van der Waals surface area (Å²) in [7, 11) is -3.63. The van der Waals surface area contributed by atoms with Gasteiger partial charge in [0.1, 0.15) is 0 Å². The molecule has 0 saturated carbocycles. The van der Waals surface area contributed by atoms with Crippen molar-refractivity contribution in [2.45, 2.75) is 11.9 Å². The van der Waals surface area contributed by atoms with E-state index in [1.54, 1.807) is 0 Å². The number of carboxylic acids is 1. The quantitative estimate of drug-likeness (QED) is 0.761. The minimum Gasteiger partial charge on any atom is -0.476 e.